The van der Waals surface area contributed by atoms with Crippen molar-refractivity contribution in [2.24, 2.45) is 11.8 Å². The summed E-state index contributed by atoms with van der Waals surface area (Å²) in [6.45, 7) is 2.23. The third kappa shape index (κ3) is 1.47. The molecule has 1 unspecified atom stereocenters. The number of carbonyl (C=O) groups excluding carboxylic acids is 1. The Kier molecular flexibility index (Phi) is 2.38. The lowest BCUT2D eigenvalue weighted by molar-refractivity contribution is -0.127. The molecule has 124 valence electrons. The Labute approximate surface area is 141 Å². The van der Waals surface area contributed by atoms with E-state index in [1.807, 2.05) is 6.07 Å². The van der Waals surface area contributed by atoms with Crippen LogP contribution in [-0.4, -0.2) is 41.0 Å². The van der Waals surface area contributed by atoms with Crippen LogP contribution in [0, 0.1) is 11.8 Å². The molecule has 1 aromatic carbocycles. The molecule has 2 fully saturated rings. The molecule has 0 amide bonds. The van der Waals surface area contributed by atoms with Crippen molar-refractivity contribution >= 4 is 5.78 Å². The maximum atomic E-state index is 12.6. The van der Waals surface area contributed by atoms with Crippen molar-refractivity contribution < 1.29 is 14.6 Å². The third-order valence-electron chi connectivity index (χ3n) is 7.03. The standard InChI is InChI=1S/C20H21NO3/c22-15-5-3-12-9-14-13-4-6-16(23)19-20(13,17(12)18(15)24-19)7-8-21(14)10-11-1-2-11/h3-6,11,13-14,19,22H,1-2,7-10H2/t13?,14-,19+,20+/m1/s1. The second kappa shape index (κ2) is 4.23. The van der Waals surface area contributed by atoms with Crippen molar-refractivity contribution in [2.75, 3.05) is 13.1 Å². The smallest absolute Gasteiger partial charge is 0.196 e. The summed E-state index contributed by atoms with van der Waals surface area (Å²) in [4.78, 5) is 15.3. The average molecular weight is 323 g/mol. The summed E-state index contributed by atoms with van der Waals surface area (Å²) in [6, 6.07) is 4.24. The van der Waals surface area contributed by atoms with E-state index < -0.39 is 6.10 Å². The van der Waals surface area contributed by atoms with Crippen LogP contribution in [-0.2, 0) is 16.6 Å². The minimum Gasteiger partial charge on any atom is -0.504 e. The Balaban J connectivity index is 1.56. The molecule has 1 spiro atoms. The number of carbonyl (C=O) groups is 1. The highest BCUT2D eigenvalue weighted by Gasteiger charge is 2.64. The quantitative estimate of drug-likeness (QED) is 0.906. The van der Waals surface area contributed by atoms with E-state index in [4.69, 9.17) is 4.74 Å². The normalized spacial score (nSPS) is 38.8. The molecule has 5 aliphatic rings. The van der Waals surface area contributed by atoms with Crippen LogP contribution in [0.25, 0.3) is 0 Å². The highest BCUT2D eigenvalue weighted by Crippen LogP contribution is 2.62. The van der Waals surface area contributed by atoms with E-state index in [2.05, 4.69) is 11.0 Å². The van der Waals surface area contributed by atoms with E-state index >= 15 is 0 Å². The minimum atomic E-state index is -0.444. The molecule has 1 saturated heterocycles. The van der Waals surface area contributed by atoms with Crippen molar-refractivity contribution in [1.82, 2.24) is 4.90 Å². The Morgan fingerprint density at radius 1 is 1.33 bits per heavy atom. The monoisotopic (exact) mass is 323 g/mol. The van der Waals surface area contributed by atoms with Crippen molar-refractivity contribution in [3.63, 3.8) is 0 Å². The van der Waals surface area contributed by atoms with Crippen LogP contribution >= 0.6 is 0 Å². The zero-order valence-electron chi connectivity index (χ0n) is 13.6. The van der Waals surface area contributed by atoms with Gasteiger partial charge in [0.1, 0.15) is 0 Å². The molecule has 4 atom stereocenters. The van der Waals surface area contributed by atoms with Gasteiger partial charge in [-0.05, 0) is 55.9 Å². The fourth-order valence-corrected chi connectivity index (χ4v) is 5.83. The van der Waals surface area contributed by atoms with Gasteiger partial charge in [-0.3, -0.25) is 9.69 Å². The minimum absolute atomic E-state index is 0.0593. The SMILES string of the molecule is O=C1C=CC2[C@H]3Cc4ccc(O)c5c4[C@@]2(CCN3CC2CC2)[C@H]1O5. The number of nitrogens with zero attached hydrogens (tertiary/aromatic N) is 1. The summed E-state index contributed by atoms with van der Waals surface area (Å²) in [5.74, 6) is 2.02. The first kappa shape index (κ1) is 13.5. The first-order chi connectivity index (χ1) is 11.7. The number of phenolic OH excluding ortho intramolecular Hbond substituents is 1. The molecule has 1 aromatic rings. The molecule has 4 nitrogen and oxygen atoms in total. The van der Waals surface area contributed by atoms with E-state index in [1.165, 1.54) is 24.9 Å². The fraction of sp³-hybridized carbons (Fsp3) is 0.550. The average Bonchev–Trinajstić information content (AvgIpc) is 3.32. The first-order valence-corrected chi connectivity index (χ1v) is 9.16. The Hall–Kier alpha value is -1.81. The Morgan fingerprint density at radius 3 is 3.04 bits per heavy atom. The number of aromatic hydroxyl groups is 1. The highest BCUT2D eigenvalue weighted by atomic mass is 16.5. The van der Waals surface area contributed by atoms with Gasteiger partial charge >= 0.3 is 0 Å². The molecular formula is C20H21NO3. The Bertz CT molecular complexity index is 796. The van der Waals surface area contributed by atoms with Crippen LogP contribution in [0.4, 0.5) is 0 Å². The molecule has 2 heterocycles. The van der Waals surface area contributed by atoms with Crippen molar-refractivity contribution in [1.29, 1.82) is 0 Å². The Morgan fingerprint density at radius 2 is 2.21 bits per heavy atom. The zero-order valence-corrected chi connectivity index (χ0v) is 13.6. The lowest BCUT2D eigenvalue weighted by atomic mass is 9.53. The number of benzene rings is 1. The van der Waals surface area contributed by atoms with Crippen LogP contribution in [0.5, 0.6) is 11.5 Å². The molecule has 0 radical (unpaired) electrons. The zero-order chi connectivity index (χ0) is 16.1. The second-order valence-corrected chi connectivity index (χ2v) is 8.23. The predicted octanol–water partition coefficient (Wildman–Crippen LogP) is 2.19. The summed E-state index contributed by atoms with van der Waals surface area (Å²) in [5.41, 5.74) is 2.16. The molecule has 4 heteroatoms. The molecule has 1 saturated carbocycles. The van der Waals surface area contributed by atoms with Gasteiger partial charge in [-0.1, -0.05) is 12.1 Å². The molecule has 6 rings (SSSR count). The van der Waals surface area contributed by atoms with Gasteiger partial charge in [-0.15, -0.1) is 0 Å². The van der Waals surface area contributed by atoms with Crippen LogP contribution in [0.3, 0.4) is 0 Å². The lowest BCUT2D eigenvalue weighted by Crippen LogP contribution is -2.65. The first-order valence-electron chi connectivity index (χ1n) is 9.16. The molecule has 2 bridgehead atoms. The van der Waals surface area contributed by atoms with Gasteiger partial charge in [0.25, 0.3) is 0 Å². The molecule has 24 heavy (non-hydrogen) atoms. The number of rotatable bonds is 2. The van der Waals surface area contributed by atoms with Crippen LogP contribution in [0.15, 0.2) is 24.3 Å². The molecule has 3 aliphatic carbocycles. The fourth-order valence-electron chi connectivity index (χ4n) is 5.83. The van der Waals surface area contributed by atoms with Gasteiger partial charge in [-0.25, -0.2) is 0 Å². The van der Waals surface area contributed by atoms with Crippen molar-refractivity contribution in [3.05, 3.63) is 35.4 Å². The van der Waals surface area contributed by atoms with E-state index in [0.29, 0.717) is 17.7 Å². The maximum Gasteiger partial charge on any atom is 0.196 e. The molecule has 1 N–H and O–H groups in total. The third-order valence-corrected chi connectivity index (χ3v) is 7.03. The van der Waals surface area contributed by atoms with E-state index in [-0.39, 0.29) is 16.9 Å². The molecular weight excluding hydrogens is 302 g/mol. The summed E-state index contributed by atoms with van der Waals surface area (Å²) in [7, 11) is 0. The van der Waals surface area contributed by atoms with Gasteiger partial charge in [0.15, 0.2) is 23.4 Å². The van der Waals surface area contributed by atoms with Gasteiger partial charge < -0.3 is 9.84 Å². The predicted molar refractivity (Wildman–Crippen MR) is 88.2 cm³/mol. The van der Waals surface area contributed by atoms with E-state index in [1.54, 1.807) is 12.1 Å². The molecule has 0 aromatic heterocycles. The summed E-state index contributed by atoms with van der Waals surface area (Å²) in [5, 5.41) is 10.3. The van der Waals surface area contributed by atoms with Gasteiger partial charge in [0.2, 0.25) is 0 Å². The van der Waals surface area contributed by atoms with E-state index in [9.17, 15) is 9.90 Å². The van der Waals surface area contributed by atoms with Gasteiger partial charge in [-0.2, -0.15) is 0 Å². The lowest BCUT2D eigenvalue weighted by Gasteiger charge is -2.56. The summed E-state index contributed by atoms with van der Waals surface area (Å²) >= 11 is 0. The summed E-state index contributed by atoms with van der Waals surface area (Å²) < 4.78 is 6.08. The van der Waals surface area contributed by atoms with E-state index in [0.717, 1.165) is 30.9 Å². The highest BCUT2D eigenvalue weighted by molar-refractivity contribution is 5.98. The number of piperidine rings is 1. The van der Waals surface area contributed by atoms with Crippen LogP contribution in [0.2, 0.25) is 0 Å². The summed E-state index contributed by atoms with van der Waals surface area (Å²) in [6.07, 6.45) is 8.12. The maximum absolute atomic E-state index is 12.6. The number of ketones is 1. The largest absolute Gasteiger partial charge is 0.504 e. The molecule has 2 aliphatic heterocycles. The number of phenols is 1. The topological polar surface area (TPSA) is 49.8 Å². The van der Waals surface area contributed by atoms with Crippen molar-refractivity contribution in [2.45, 2.75) is 43.2 Å². The number of hydrogen-bond donors (Lipinski definition) is 1. The van der Waals surface area contributed by atoms with Gasteiger partial charge in [0.05, 0.1) is 5.41 Å². The number of hydrogen-bond acceptors (Lipinski definition) is 4. The second-order valence-electron chi connectivity index (χ2n) is 8.23. The van der Waals surface area contributed by atoms with Crippen LogP contribution < -0.4 is 4.74 Å². The van der Waals surface area contributed by atoms with Gasteiger partial charge in [0, 0.05) is 24.1 Å². The van der Waals surface area contributed by atoms with Crippen molar-refractivity contribution in [3.8, 4) is 11.5 Å². The number of ether oxygens (including phenoxy) is 1. The number of likely N-dealkylation sites (tertiary alicyclic amines) is 1. The van der Waals surface area contributed by atoms with Crippen LogP contribution in [0.1, 0.15) is 30.4 Å².